The Bertz CT molecular complexity index is 663. The molecule has 1 heterocycles. The van der Waals surface area contributed by atoms with E-state index in [1.807, 2.05) is 20.8 Å². The van der Waals surface area contributed by atoms with Crippen LogP contribution in [0.25, 0.3) is 5.69 Å². The van der Waals surface area contributed by atoms with Crippen LogP contribution in [0.1, 0.15) is 26.5 Å². The standard InChI is InChI=1S/C13H16ClN5O2/c1-13(2,3)15-7-9-8-18(17-16-9)12-10(14)5-4-6-11(12)19(20)21/h4-6,8,15H,7H2,1-3H3. The summed E-state index contributed by atoms with van der Waals surface area (Å²) in [4.78, 5) is 10.6. The average molecular weight is 310 g/mol. The van der Waals surface area contributed by atoms with Gasteiger partial charge >= 0.3 is 0 Å². The quantitative estimate of drug-likeness (QED) is 0.693. The summed E-state index contributed by atoms with van der Waals surface area (Å²) < 4.78 is 1.33. The summed E-state index contributed by atoms with van der Waals surface area (Å²) >= 11 is 6.06. The molecular formula is C13H16ClN5O2. The third-order valence-corrected chi connectivity index (χ3v) is 3.04. The Kier molecular flexibility index (Phi) is 4.24. The molecule has 1 aromatic heterocycles. The first-order chi connectivity index (χ1) is 9.78. The highest BCUT2D eigenvalue weighted by Crippen LogP contribution is 2.29. The first-order valence-electron chi connectivity index (χ1n) is 6.37. The number of halogens is 1. The lowest BCUT2D eigenvalue weighted by atomic mass is 10.1. The Hall–Kier alpha value is -1.99. The molecule has 0 spiro atoms. The van der Waals surface area contributed by atoms with Crippen LogP contribution in [0.15, 0.2) is 24.4 Å². The van der Waals surface area contributed by atoms with Gasteiger partial charge in [-0.3, -0.25) is 10.1 Å². The Morgan fingerprint density at radius 1 is 1.43 bits per heavy atom. The number of nitro groups is 1. The summed E-state index contributed by atoms with van der Waals surface area (Å²) in [6.45, 7) is 6.63. The molecule has 0 saturated heterocycles. The van der Waals surface area contributed by atoms with Gasteiger partial charge in [-0.1, -0.05) is 22.9 Å². The van der Waals surface area contributed by atoms with Gasteiger partial charge in [0.05, 0.1) is 21.8 Å². The fraction of sp³-hybridized carbons (Fsp3) is 0.385. The first kappa shape index (κ1) is 15.4. The van der Waals surface area contributed by atoms with E-state index in [4.69, 9.17) is 11.6 Å². The second-order valence-corrected chi connectivity index (χ2v) is 6.03. The van der Waals surface area contributed by atoms with Crippen LogP contribution < -0.4 is 5.32 Å². The van der Waals surface area contributed by atoms with Gasteiger partial charge in [0.1, 0.15) is 0 Å². The third-order valence-electron chi connectivity index (χ3n) is 2.73. The molecule has 2 rings (SSSR count). The zero-order valence-corrected chi connectivity index (χ0v) is 12.8. The average Bonchev–Trinajstić information content (AvgIpc) is 2.83. The molecule has 0 fully saturated rings. The molecule has 0 aliphatic rings. The number of nitrogens with zero attached hydrogens (tertiary/aromatic N) is 4. The monoisotopic (exact) mass is 309 g/mol. The van der Waals surface area contributed by atoms with E-state index >= 15 is 0 Å². The molecule has 1 aromatic carbocycles. The van der Waals surface area contributed by atoms with Crippen LogP contribution in [0.2, 0.25) is 5.02 Å². The lowest BCUT2D eigenvalue weighted by Crippen LogP contribution is -2.35. The van der Waals surface area contributed by atoms with E-state index in [9.17, 15) is 10.1 Å². The second kappa shape index (κ2) is 5.79. The van der Waals surface area contributed by atoms with E-state index in [-0.39, 0.29) is 21.9 Å². The van der Waals surface area contributed by atoms with Gasteiger partial charge in [-0.25, -0.2) is 4.68 Å². The summed E-state index contributed by atoms with van der Waals surface area (Å²) in [6.07, 6.45) is 1.63. The Balaban J connectivity index is 2.32. The van der Waals surface area contributed by atoms with Crippen molar-refractivity contribution in [3.8, 4) is 5.69 Å². The topological polar surface area (TPSA) is 85.9 Å². The number of hydrogen-bond donors (Lipinski definition) is 1. The molecule has 0 atom stereocenters. The Labute approximate surface area is 127 Å². The highest BCUT2D eigenvalue weighted by molar-refractivity contribution is 6.32. The van der Waals surface area contributed by atoms with Crippen LogP contribution in [0, 0.1) is 10.1 Å². The summed E-state index contributed by atoms with van der Waals surface area (Å²) in [5, 5.41) is 22.5. The molecule has 0 amide bonds. The zero-order valence-electron chi connectivity index (χ0n) is 12.0. The summed E-state index contributed by atoms with van der Waals surface area (Å²) in [5.74, 6) is 0. The van der Waals surface area contributed by atoms with E-state index < -0.39 is 4.92 Å². The van der Waals surface area contributed by atoms with Crippen LogP contribution in [0.5, 0.6) is 0 Å². The minimum atomic E-state index is -0.490. The van der Waals surface area contributed by atoms with Gasteiger partial charge in [-0.05, 0) is 26.8 Å². The van der Waals surface area contributed by atoms with Crippen LogP contribution in [0.4, 0.5) is 5.69 Å². The van der Waals surface area contributed by atoms with Gasteiger partial charge in [-0.15, -0.1) is 5.10 Å². The molecule has 0 aliphatic carbocycles. The zero-order chi connectivity index (χ0) is 15.6. The lowest BCUT2D eigenvalue weighted by molar-refractivity contribution is -0.384. The van der Waals surface area contributed by atoms with Crippen molar-refractivity contribution >= 4 is 17.3 Å². The van der Waals surface area contributed by atoms with Crippen molar-refractivity contribution in [3.05, 3.63) is 45.2 Å². The molecule has 0 bridgehead atoms. The molecule has 0 unspecified atom stereocenters. The van der Waals surface area contributed by atoms with E-state index in [1.165, 1.54) is 16.8 Å². The fourth-order valence-corrected chi connectivity index (χ4v) is 1.98. The predicted octanol–water partition coefficient (Wildman–Crippen LogP) is 2.72. The largest absolute Gasteiger partial charge is 0.306 e. The van der Waals surface area contributed by atoms with Gasteiger partial charge in [0.25, 0.3) is 5.69 Å². The maximum Gasteiger partial charge on any atom is 0.296 e. The molecule has 0 radical (unpaired) electrons. The molecule has 2 aromatic rings. The van der Waals surface area contributed by atoms with Crippen molar-refractivity contribution in [2.45, 2.75) is 32.9 Å². The van der Waals surface area contributed by atoms with Crippen molar-refractivity contribution in [2.75, 3.05) is 0 Å². The van der Waals surface area contributed by atoms with Gasteiger partial charge in [0.2, 0.25) is 0 Å². The number of rotatable bonds is 4. The van der Waals surface area contributed by atoms with Gasteiger partial charge in [0.15, 0.2) is 5.69 Å². The van der Waals surface area contributed by atoms with Crippen molar-refractivity contribution in [2.24, 2.45) is 0 Å². The number of aromatic nitrogens is 3. The molecule has 0 aliphatic heterocycles. The summed E-state index contributed by atoms with van der Waals surface area (Å²) in [7, 11) is 0. The van der Waals surface area contributed by atoms with E-state index in [0.717, 1.165) is 0 Å². The minimum Gasteiger partial charge on any atom is -0.306 e. The van der Waals surface area contributed by atoms with Crippen molar-refractivity contribution in [1.29, 1.82) is 0 Å². The predicted molar refractivity (Wildman–Crippen MR) is 79.6 cm³/mol. The SMILES string of the molecule is CC(C)(C)NCc1cn(-c2c(Cl)cccc2[N+](=O)[O-])nn1. The highest BCUT2D eigenvalue weighted by atomic mass is 35.5. The van der Waals surface area contributed by atoms with Crippen LogP contribution in [-0.2, 0) is 6.54 Å². The lowest BCUT2D eigenvalue weighted by Gasteiger charge is -2.19. The normalized spacial score (nSPS) is 11.6. The number of nitrogens with one attached hydrogen (secondary N) is 1. The third kappa shape index (κ3) is 3.77. The van der Waals surface area contributed by atoms with Gasteiger partial charge in [0, 0.05) is 18.2 Å². The molecule has 7 nitrogen and oxygen atoms in total. The van der Waals surface area contributed by atoms with Gasteiger partial charge in [-0.2, -0.15) is 0 Å². The highest BCUT2D eigenvalue weighted by Gasteiger charge is 2.20. The first-order valence-corrected chi connectivity index (χ1v) is 6.75. The second-order valence-electron chi connectivity index (χ2n) is 5.62. The fourth-order valence-electron chi connectivity index (χ4n) is 1.72. The molecule has 0 saturated carbocycles. The van der Waals surface area contributed by atoms with Crippen molar-refractivity contribution in [3.63, 3.8) is 0 Å². The summed E-state index contributed by atoms with van der Waals surface area (Å²) in [5.41, 5.74) is 0.737. The Morgan fingerprint density at radius 3 is 2.76 bits per heavy atom. The number of hydrogen-bond acceptors (Lipinski definition) is 5. The number of benzene rings is 1. The molecular weight excluding hydrogens is 294 g/mol. The molecule has 21 heavy (non-hydrogen) atoms. The maximum atomic E-state index is 11.1. The summed E-state index contributed by atoms with van der Waals surface area (Å²) in [6, 6.07) is 4.50. The molecule has 8 heteroatoms. The van der Waals surface area contributed by atoms with Crippen LogP contribution in [-0.4, -0.2) is 25.5 Å². The minimum absolute atomic E-state index is 0.0554. The number of para-hydroxylation sites is 1. The Morgan fingerprint density at radius 2 is 2.14 bits per heavy atom. The molecule has 1 N–H and O–H groups in total. The van der Waals surface area contributed by atoms with Crippen molar-refractivity contribution in [1.82, 2.24) is 20.3 Å². The van der Waals surface area contributed by atoms with Crippen LogP contribution >= 0.6 is 11.6 Å². The van der Waals surface area contributed by atoms with E-state index in [2.05, 4.69) is 15.6 Å². The van der Waals surface area contributed by atoms with Crippen molar-refractivity contribution < 1.29 is 4.92 Å². The van der Waals surface area contributed by atoms with Gasteiger partial charge < -0.3 is 5.32 Å². The number of nitro benzene ring substituents is 1. The van der Waals surface area contributed by atoms with E-state index in [1.54, 1.807) is 12.3 Å². The van der Waals surface area contributed by atoms with E-state index in [0.29, 0.717) is 12.2 Å². The maximum absolute atomic E-state index is 11.1. The molecule has 112 valence electrons. The smallest absolute Gasteiger partial charge is 0.296 e. The van der Waals surface area contributed by atoms with Crippen LogP contribution in [0.3, 0.4) is 0 Å².